The van der Waals surface area contributed by atoms with E-state index in [9.17, 15) is 4.79 Å². The van der Waals surface area contributed by atoms with E-state index in [2.05, 4.69) is 53.4 Å². The Kier molecular flexibility index (Phi) is 8.64. The molecule has 0 spiro atoms. The summed E-state index contributed by atoms with van der Waals surface area (Å²) in [7, 11) is 1.37. The number of rotatable bonds is 3. The van der Waals surface area contributed by atoms with Crippen molar-refractivity contribution in [2.45, 2.75) is 65.1 Å². The molecule has 248 valence electrons. The Hall–Kier alpha value is -4.40. The number of nitrogens with zero attached hydrogens (tertiary/aromatic N) is 4. The van der Waals surface area contributed by atoms with Gasteiger partial charge in [0.1, 0.15) is 12.4 Å². The first-order valence-corrected chi connectivity index (χ1v) is 17.1. The van der Waals surface area contributed by atoms with Crippen molar-refractivity contribution in [2.24, 2.45) is 0 Å². The third-order valence-corrected chi connectivity index (χ3v) is 9.49. The van der Waals surface area contributed by atoms with E-state index in [1.807, 2.05) is 45.9 Å². The standard InChI is InChI=1S/C39H41ClN4O4/c1-24-33(37(38(45)46-5)48-39(2,3)4)35-29-17-18-31-36(34(29)40)43(20-21-47-31)19-10-6-7-12-25-13-8-9-16-28(25)26-14-11-15-27(22-26)30-23-32(41-24)44(35)42-30/h8-9,11,13-18,22-23,37H,6-7,10,12,19-21H2,1-5H3/t37-/m0/s1. The van der Waals surface area contributed by atoms with Crippen LogP contribution >= 0.6 is 11.6 Å². The fourth-order valence-corrected chi connectivity index (χ4v) is 7.30. The molecule has 9 heteroatoms. The van der Waals surface area contributed by atoms with Crippen molar-refractivity contribution in [3.8, 4) is 39.4 Å². The van der Waals surface area contributed by atoms with E-state index in [0.29, 0.717) is 39.8 Å². The Bertz CT molecular complexity index is 2010. The lowest BCUT2D eigenvalue weighted by atomic mass is 9.94. The van der Waals surface area contributed by atoms with Crippen molar-refractivity contribution in [1.29, 1.82) is 0 Å². The molecule has 6 bridgehead atoms. The van der Waals surface area contributed by atoms with Gasteiger partial charge in [-0.15, -0.1) is 0 Å². The number of esters is 1. The van der Waals surface area contributed by atoms with Crippen LogP contribution in [0.25, 0.3) is 39.3 Å². The van der Waals surface area contributed by atoms with Crippen LogP contribution in [0.15, 0.2) is 66.7 Å². The second-order valence-electron chi connectivity index (χ2n) is 13.6. The fraction of sp³-hybridized carbons (Fsp3) is 0.359. The van der Waals surface area contributed by atoms with Gasteiger partial charge in [-0.2, -0.15) is 5.10 Å². The maximum absolute atomic E-state index is 13.5. The first-order valence-electron chi connectivity index (χ1n) is 16.7. The number of fused-ring (bicyclic) bond motifs is 8. The SMILES string of the molecule is COC(=O)[C@@H](OC(C)(C)C)c1c(C)nc2cc3nn2c1-c1ccc2c(c1Cl)N(CCCCCc1ccccc1-c1cccc-3c1)CCO2. The van der Waals surface area contributed by atoms with E-state index >= 15 is 0 Å². The summed E-state index contributed by atoms with van der Waals surface area (Å²) in [5, 5.41) is 5.70. The zero-order chi connectivity index (χ0) is 33.6. The van der Waals surface area contributed by atoms with Gasteiger partial charge in [0.05, 0.1) is 41.4 Å². The highest BCUT2D eigenvalue weighted by Gasteiger charge is 2.35. The molecule has 8 nitrogen and oxygen atoms in total. The van der Waals surface area contributed by atoms with E-state index in [-0.39, 0.29) is 0 Å². The molecule has 4 heterocycles. The van der Waals surface area contributed by atoms with Crippen LogP contribution in [0.3, 0.4) is 0 Å². The maximum Gasteiger partial charge on any atom is 0.339 e. The molecule has 0 N–H and O–H groups in total. The molecule has 2 aromatic heterocycles. The van der Waals surface area contributed by atoms with Crippen LogP contribution in [0, 0.1) is 6.92 Å². The predicted molar refractivity (Wildman–Crippen MR) is 190 cm³/mol. The Morgan fingerprint density at radius 2 is 1.77 bits per heavy atom. The largest absolute Gasteiger partial charge is 0.490 e. The molecule has 48 heavy (non-hydrogen) atoms. The van der Waals surface area contributed by atoms with E-state index < -0.39 is 17.7 Å². The van der Waals surface area contributed by atoms with Gasteiger partial charge in [0.25, 0.3) is 0 Å². The lowest BCUT2D eigenvalue weighted by molar-refractivity contribution is -0.164. The summed E-state index contributed by atoms with van der Waals surface area (Å²) in [6, 6.07) is 23.1. The molecule has 0 amide bonds. The summed E-state index contributed by atoms with van der Waals surface area (Å²) >= 11 is 7.44. The zero-order valence-corrected chi connectivity index (χ0v) is 28.9. The number of anilines is 1. The van der Waals surface area contributed by atoms with Crippen LogP contribution in [0.2, 0.25) is 5.02 Å². The second kappa shape index (κ2) is 12.9. The summed E-state index contributed by atoms with van der Waals surface area (Å²) in [5.74, 6) is 0.220. The van der Waals surface area contributed by atoms with Crippen molar-refractivity contribution in [3.63, 3.8) is 0 Å². The van der Waals surface area contributed by atoms with Crippen LogP contribution in [0.4, 0.5) is 5.69 Å². The summed E-state index contributed by atoms with van der Waals surface area (Å²) in [6.45, 7) is 9.80. The summed E-state index contributed by atoms with van der Waals surface area (Å²) in [6.07, 6.45) is 3.13. The molecule has 0 saturated heterocycles. The number of benzene rings is 3. The zero-order valence-electron chi connectivity index (χ0n) is 28.2. The van der Waals surface area contributed by atoms with Crippen LogP contribution < -0.4 is 9.64 Å². The van der Waals surface area contributed by atoms with Crippen molar-refractivity contribution in [2.75, 3.05) is 31.7 Å². The van der Waals surface area contributed by atoms with Crippen molar-refractivity contribution in [1.82, 2.24) is 14.6 Å². The lowest BCUT2D eigenvalue weighted by Gasteiger charge is -2.33. The third kappa shape index (κ3) is 6.03. The minimum atomic E-state index is -1.08. The van der Waals surface area contributed by atoms with E-state index in [4.69, 9.17) is 35.9 Å². The summed E-state index contributed by atoms with van der Waals surface area (Å²) in [4.78, 5) is 20.8. The molecule has 5 aromatic rings. The topological polar surface area (TPSA) is 78.2 Å². The van der Waals surface area contributed by atoms with Crippen LogP contribution in [0.1, 0.15) is 63.0 Å². The van der Waals surface area contributed by atoms with E-state index in [1.165, 1.54) is 18.2 Å². The fourth-order valence-electron chi connectivity index (χ4n) is 6.94. The summed E-state index contributed by atoms with van der Waals surface area (Å²) < 4.78 is 19.7. The normalized spacial score (nSPS) is 15.3. The van der Waals surface area contributed by atoms with Gasteiger partial charge in [-0.1, -0.05) is 60.5 Å². The van der Waals surface area contributed by atoms with Crippen LogP contribution in [0.5, 0.6) is 5.75 Å². The molecule has 0 radical (unpaired) electrons. The van der Waals surface area contributed by atoms with Crippen molar-refractivity contribution >= 4 is 28.9 Å². The highest BCUT2D eigenvalue weighted by Crippen LogP contribution is 2.47. The molecular weight excluding hydrogens is 624 g/mol. The predicted octanol–water partition coefficient (Wildman–Crippen LogP) is 8.65. The van der Waals surface area contributed by atoms with Gasteiger partial charge in [0.2, 0.25) is 0 Å². The van der Waals surface area contributed by atoms with Crippen LogP contribution in [-0.4, -0.2) is 53.0 Å². The van der Waals surface area contributed by atoms with Gasteiger partial charge in [-0.05, 0) is 81.8 Å². The van der Waals surface area contributed by atoms with Crippen molar-refractivity contribution < 1.29 is 19.0 Å². The molecule has 1 atom stereocenters. The number of aryl methyl sites for hydroxylation is 2. The smallest absolute Gasteiger partial charge is 0.339 e. The van der Waals surface area contributed by atoms with Gasteiger partial charge in [-0.3, -0.25) is 0 Å². The van der Waals surface area contributed by atoms with E-state index in [0.717, 1.165) is 67.0 Å². The third-order valence-electron chi connectivity index (χ3n) is 9.11. The first-order chi connectivity index (χ1) is 23.1. The van der Waals surface area contributed by atoms with Gasteiger partial charge in [0, 0.05) is 35.0 Å². The lowest BCUT2D eigenvalue weighted by Crippen LogP contribution is -2.34. The molecule has 0 unspecified atom stereocenters. The Labute approximate surface area is 286 Å². The minimum absolute atomic E-state index is 0.525. The van der Waals surface area contributed by atoms with Gasteiger partial charge in [0.15, 0.2) is 11.8 Å². The number of hydrogen-bond donors (Lipinski definition) is 0. The number of aromatic nitrogens is 3. The second-order valence-corrected chi connectivity index (χ2v) is 13.9. The number of ether oxygens (including phenoxy) is 3. The average molecular weight is 665 g/mol. The number of carbonyl (C=O) groups excluding carboxylic acids is 1. The minimum Gasteiger partial charge on any atom is -0.490 e. The average Bonchev–Trinajstić information content (AvgIpc) is 3.50. The number of carbonyl (C=O) groups is 1. The highest BCUT2D eigenvalue weighted by atomic mass is 35.5. The quantitative estimate of drug-likeness (QED) is 0.179. The molecule has 3 aromatic carbocycles. The number of methoxy groups -OCH3 is 1. The van der Waals surface area contributed by atoms with Crippen LogP contribution in [-0.2, 0) is 20.7 Å². The van der Waals surface area contributed by atoms with Gasteiger partial charge >= 0.3 is 5.97 Å². The molecule has 0 fully saturated rings. The molecule has 2 aliphatic heterocycles. The molecule has 2 aliphatic rings. The summed E-state index contributed by atoms with van der Waals surface area (Å²) in [5.41, 5.74) is 8.78. The number of halogens is 1. The molecule has 7 rings (SSSR count). The first kappa shape index (κ1) is 32.2. The molecule has 0 aliphatic carbocycles. The number of hydrogen-bond acceptors (Lipinski definition) is 7. The highest BCUT2D eigenvalue weighted by molar-refractivity contribution is 6.36. The molecular formula is C39H41ClN4O4. The van der Waals surface area contributed by atoms with E-state index in [1.54, 1.807) is 4.52 Å². The monoisotopic (exact) mass is 664 g/mol. The van der Waals surface area contributed by atoms with Crippen molar-refractivity contribution in [3.05, 3.63) is 88.6 Å². The van der Waals surface area contributed by atoms with Gasteiger partial charge in [-0.25, -0.2) is 14.3 Å². The Morgan fingerprint density at radius 1 is 0.958 bits per heavy atom. The Morgan fingerprint density at radius 3 is 2.58 bits per heavy atom. The molecule has 0 saturated carbocycles. The maximum atomic E-state index is 13.5. The van der Waals surface area contributed by atoms with Gasteiger partial charge < -0.3 is 19.1 Å². The Balaban J connectivity index is 1.53.